The molecule has 1 atom stereocenters. The van der Waals surface area contributed by atoms with Crippen molar-refractivity contribution < 1.29 is 9.47 Å². The molecule has 0 amide bonds. The van der Waals surface area contributed by atoms with E-state index in [2.05, 4.69) is 48.3 Å². The quantitative estimate of drug-likeness (QED) is 0.446. The largest absolute Gasteiger partial charge is 0.382 e. The summed E-state index contributed by atoms with van der Waals surface area (Å²) >= 11 is 0. The van der Waals surface area contributed by atoms with Crippen LogP contribution in [0.5, 0.6) is 0 Å². The van der Waals surface area contributed by atoms with Gasteiger partial charge in [-0.15, -0.1) is 0 Å². The van der Waals surface area contributed by atoms with Crippen LogP contribution in [-0.4, -0.2) is 56.9 Å². The molecule has 5 heteroatoms. The molecule has 0 aliphatic carbocycles. The van der Waals surface area contributed by atoms with Crippen molar-refractivity contribution in [2.24, 2.45) is 4.99 Å². The van der Waals surface area contributed by atoms with Gasteiger partial charge in [-0.05, 0) is 44.7 Å². The lowest BCUT2D eigenvalue weighted by Gasteiger charge is -2.35. The van der Waals surface area contributed by atoms with E-state index >= 15 is 0 Å². The number of nitrogens with one attached hydrogen (secondary N) is 1. The second-order valence-corrected chi connectivity index (χ2v) is 6.30. The van der Waals surface area contributed by atoms with Crippen LogP contribution >= 0.6 is 0 Å². The number of guanidine groups is 1. The fourth-order valence-corrected chi connectivity index (χ4v) is 3.05. The zero-order valence-corrected chi connectivity index (χ0v) is 16.0. The van der Waals surface area contributed by atoms with Crippen molar-refractivity contribution in [1.82, 2.24) is 10.2 Å². The highest BCUT2D eigenvalue weighted by molar-refractivity contribution is 5.80. The number of morpholine rings is 1. The summed E-state index contributed by atoms with van der Waals surface area (Å²) in [5.41, 5.74) is 2.56. The molecule has 1 aromatic rings. The van der Waals surface area contributed by atoms with Crippen LogP contribution in [0.2, 0.25) is 0 Å². The van der Waals surface area contributed by atoms with Crippen molar-refractivity contribution in [2.75, 3.05) is 46.0 Å². The Kier molecular flexibility index (Phi) is 8.77. The Morgan fingerprint density at radius 3 is 2.92 bits per heavy atom. The number of aryl methyl sites for hydroxylation is 1. The molecule has 1 heterocycles. The molecule has 0 aromatic heterocycles. The molecule has 0 spiro atoms. The molecule has 0 radical (unpaired) electrons. The predicted molar refractivity (Wildman–Crippen MR) is 103 cm³/mol. The maximum Gasteiger partial charge on any atom is 0.194 e. The van der Waals surface area contributed by atoms with Crippen LogP contribution < -0.4 is 5.32 Å². The molecule has 1 aliphatic rings. The van der Waals surface area contributed by atoms with Gasteiger partial charge in [-0.3, -0.25) is 4.99 Å². The molecule has 1 fully saturated rings. The van der Waals surface area contributed by atoms with Gasteiger partial charge < -0.3 is 19.7 Å². The van der Waals surface area contributed by atoms with Crippen LogP contribution in [0.15, 0.2) is 29.3 Å². The van der Waals surface area contributed by atoms with Crippen molar-refractivity contribution in [2.45, 2.75) is 39.7 Å². The van der Waals surface area contributed by atoms with Gasteiger partial charge in [0.1, 0.15) is 6.10 Å². The van der Waals surface area contributed by atoms with Gasteiger partial charge in [0.15, 0.2) is 5.96 Å². The lowest BCUT2D eigenvalue weighted by atomic mass is 10.0. The standard InChI is InChI=1S/C20H33N3O2/c1-4-21-20(22-12-8-9-14-24-5-2)23-13-15-25-19(16-23)18-11-7-6-10-17(18)3/h6-7,10-11,19H,4-5,8-9,12-16H2,1-3H3,(H,21,22). The average molecular weight is 348 g/mol. The Bertz CT molecular complexity index is 533. The molecule has 0 bridgehead atoms. The molecule has 140 valence electrons. The SMILES string of the molecule is CCNC(=NCCCCOCC)N1CCOC(c2ccccc2C)C1. The van der Waals surface area contributed by atoms with Crippen molar-refractivity contribution >= 4 is 5.96 Å². The monoisotopic (exact) mass is 347 g/mol. The number of hydrogen-bond acceptors (Lipinski definition) is 3. The Morgan fingerprint density at radius 1 is 1.32 bits per heavy atom. The Morgan fingerprint density at radius 2 is 2.16 bits per heavy atom. The molecule has 1 unspecified atom stereocenters. The third kappa shape index (κ3) is 6.33. The fourth-order valence-electron chi connectivity index (χ4n) is 3.05. The Labute approximate surface area is 152 Å². The second-order valence-electron chi connectivity index (χ2n) is 6.30. The Hall–Kier alpha value is -1.59. The number of aliphatic imine (C=N–C) groups is 1. The zero-order chi connectivity index (χ0) is 17.9. The van der Waals surface area contributed by atoms with Crippen molar-refractivity contribution in [1.29, 1.82) is 0 Å². The summed E-state index contributed by atoms with van der Waals surface area (Å²) in [6, 6.07) is 8.48. The normalized spacial score (nSPS) is 18.4. The number of hydrogen-bond donors (Lipinski definition) is 1. The van der Waals surface area contributed by atoms with Crippen LogP contribution in [0.3, 0.4) is 0 Å². The molecule has 0 saturated carbocycles. The topological polar surface area (TPSA) is 46.1 Å². The third-order valence-corrected chi connectivity index (χ3v) is 4.40. The smallest absolute Gasteiger partial charge is 0.194 e. The predicted octanol–water partition coefficient (Wildman–Crippen LogP) is 3.15. The summed E-state index contributed by atoms with van der Waals surface area (Å²) in [7, 11) is 0. The summed E-state index contributed by atoms with van der Waals surface area (Å²) in [4.78, 5) is 7.13. The maximum absolute atomic E-state index is 6.03. The van der Waals surface area contributed by atoms with Crippen LogP contribution in [0.25, 0.3) is 0 Å². The van der Waals surface area contributed by atoms with Gasteiger partial charge in [0.2, 0.25) is 0 Å². The number of benzene rings is 1. The highest BCUT2D eigenvalue weighted by Gasteiger charge is 2.24. The van der Waals surface area contributed by atoms with E-state index in [9.17, 15) is 0 Å². The average Bonchev–Trinajstić information content (AvgIpc) is 2.64. The first-order valence-electron chi connectivity index (χ1n) is 9.54. The first-order valence-corrected chi connectivity index (χ1v) is 9.54. The van der Waals surface area contributed by atoms with Gasteiger partial charge in [-0.1, -0.05) is 24.3 Å². The first-order chi connectivity index (χ1) is 12.3. The minimum Gasteiger partial charge on any atom is -0.382 e. The van der Waals surface area contributed by atoms with E-state index in [1.807, 2.05) is 6.92 Å². The lowest BCUT2D eigenvalue weighted by Crippen LogP contribution is -2.48. The zero-order valence-electron chi connectivity index (χ0n) is 16.0. The fraction of sp³-hybridized carbons (Fsp3) is 0.650. The van der Waals surface area contributed by atoms with Crippen molar-refractivity contribution in [3.8, 4) is 0 Å². The van der Waals surface area contributed by atoms with Crippen LogP contribution in [0, 0.1) is 6.92 Å². The van der Waals surface area contributed by atoms with E-state index < -0.39 is 0 Å². The second kappa shape index (κ2) is 11.1. The summed E-state index contributed by atoms with van der Waals surface area (Å²) in [5, 5.41) is 3.43. The van der Waals surface area contributed by atoms with Gasteiger partial charge in [0.25, 0.3) is 0 Å². The van der Waals surface area contributed by atoms with Gasteiger partial charge in [-0.25, -0.2) is 0 Å². The van der Waals surface area contributed by atoms with Crippen LogP contribution in [0.4, 0.5) is 0 Å². The van der Waals surface area contributed by atoms with E-state index in [-0.39, 0.29) is 6.10 Å². The Balaban J connectivity index is 1.94. The van der Waals surface area contributed by atoms with E-state index in [1.165, 1.54) is 11.1 Å². The first kappa shape index (κ1) is 19.7. The number of unbranched alkanes of at least 4 members (excludes halogenated alkanes) is 1. The maximum atomic E-state index is 6.03. The van der Waals surface area contributed by atoms with E-state index in [1.54, 1.807) is 0 Å². The van der Waals surface area contributed by atoms with Crippen LogP contribution in [-0.2, 0) is 9.47 Å². The van der Waals surface area contributed by atoms with E-state index in [0.717, 1.165) is 64.8 Å². The summed E-state index contributed by atoms with van der Waals surface area (Å²) in [6.45, 7) is 12.1. The summed E-state index contributed by atoms with van der Waals surface area (Å²) in [5.74, 6) is 1.00. The molecule has 1 aromatic carbocycles. The summed E-state index contributed by atoms with van der Waals surface area (Å²) in [6.07, 6.45) is 2.23. The van der Waals surface area contributed by atoms with Crippen LogP contribution in [0.1, 0.15) is 43.9 Å². The molecule has 1 N–H and O–H groups in total. The van der Waals surface area contributed by atoms with Crippen molar-refractivity contribution in [3.05, 3.63) is 35.4 Å². The van der Waals surface area contributed by atoms with Gasteiger partial charge in [-0.2, -0.15) is 0 Å². The van der Waals surface area contributed by atoms with Gasteiger partial charge in [0.05, 0.1) is 13.2 Å². The molecule has 1 saturated heterocycles. The highest BCUT2D eigenvalue weighted by atomic mass is 16.5. The molecule has 2 rings (SSSR count). The van der Waals surface area contributed by atoms with Gasteiger partial charge >= 0.3 is 0 Å². The minimum absolute atomic E-state index is 0.108. The lowest BCUT2D eigenvalue weighted by molar-refractivity contribution is -0.00833. The molecule has 5 nitrogen and oxygen atoms in total. The summed E-state index contributed by atoms with van der Waals surface area (Å²) < 4.78 is 11.4. The highest BCUT2D eigenvalue weighted by Crippen LogP contribution is 2.24. The molecular formula is C20H33N3O2. The van der Waals surface area contributed by atoms with Gasteiger partial charge in [0, 0.05) is 32.8 Å². The number of nitrogens with zero attached hydrogens (tertiary/aromatic N) is 2. The third-order valence-electron chi connectivity index (χ3n) is 4.40. The van der Waals surface area contributed by atoms with E-state index in [0.29, 0.717) is 0 Å². The van der Waals surface area contributed by atoms with Crippen molar-refractivity contribution in [3.63, 3.8) is 0 Å². The molecule has 1 aliphatic heterocycles. The minimum atomic E-state index is 0.108. The van der Waals surface area contributed by atoms with E-state index in [4.69, 9.17) is 14.5 Å². The number of rotatable bonds is 8. The molecular weight excluding hydrogens is 314 g/mol. The number of ether oxygens (including phenoxy) is 2. The molecule has 25 heavy (non-hydrogen) atoms.